The first-order chi connectivity index (χ1) is 8.58. The number of anilines is 1. The Morgan fingerprint density at radius 2 is 2.00 bits per heavy atom. The minimum absolute atomic E-state index is 0.529. The van der Waals surface area contributed by atoms with Crippen LogP contribution in [0.25, 0.3) is 0 Å². The van der Waals surface area contributed by atoms with Gasteiger partial charge in [-0.1, -0.05) is 6.92 Å². The number of nitrogens with zero attached hydrogens (tertiary/aromatic N) is 1. The molecule has 0 saturated heterocycles. The second-order valence-corrected chi connectivity index (χ2v) is 4.48. The van der Waals surface area contributed by atoms with Crippen molar-refractivity contribution in [3.63, 3.8) is 0 Å². The fourth-order valence-electron chi connectivity index (χ4n) is 1.86. The first kappa shape index (κ1) is 14.6. The molecule has 0 heterocycles. The lowest BCUT2D eigenvalue weighted by molar-refractivity contribution is 0.180. The molecule has 0 aromatic heterocycles. The van der Waals surface area contributed by atoms with E-state index in [9.17, 15) is 0 Å². The van der Waals surface area contributed by atoms with Crippen LogP contribution < -0.4 is 15.2 Å². The lowest BCUT2D eigenvalue weighted by Gasteiger charge is -2.24. The van der Waals surface area contributed by atoms with Gasteiger partial charge in [0.05, 0.1) is 7.11 Å². The van der Waals surface area contributed by atoms with Crippen LogP contribution in [-0.2, 0) is 0 Å². The van der Waals surface area contributed by atoms with Crippen molar-refractivity contribution in [2.24, 2.45) is 0 Å². The molecular weight excluding hydrogens is 228 g/mol. The zero-order valence-electron chi connectivity index (χ0n) is 11.8. The first-order valence-corrected chi connectivity index (χ1v) is 6.38. The van der Waals surface area contributed by atoms with Gasteiger partial charge in [0, 0.05) is 24.3 Å². The highest BCUT2D eigenvalue weighted by atomic mass is 16.5. The summed E-state index contributed by atoms with van der Waals surface area (Å²) in [5, 5.41) is 0. The summed E-state index contributed by atoms with van der Waals surface area (Å²) >= 11 is 0. The number of nitrogen functional groups attached to an aromatic ring is 1. The van der Waals surface area contributed by atoms with Crippen LogP contribution in [0, 0.1) is 0 Å². The molecule has 0 radical (unpaired) electrons. The van der Waals surface area contributed by atoms with Gasteiger partial charge >= 0.3 is 0 Å². The summed E-state index contributed by atoms with van der Waals surface area (Å²) < 4.78 is 11.0. The summed E-state index contributed by atoms with van der Waals surface area (Å²) in [7, 11) is 1.63. The highest BCUT2D eigenvalue weighted by Crippen LogP contribution is 2.28. The average Bonchev–Trinajstić information content (AvgIpc) is 2.34. The maximum atomic E-state index is 5.74. The lowest BCUT2D eigenvalue weighted by atomic mass is 10.3. The van der Waals surface area contributed by atoms with E-state index in [4.69, 9.17) is 15.2 Å². The molecule has 1 aromatic carbocycles. The molecule has 0 spiro atoms. The number of benzene rings is 1. The normalized spacial score (nSPS) is 11.0. The molecule has 0 atom stereocenters. The van der Waals surface area contributed by atoms with E-state index < -0.39 is 0 Å². The molecule has 18 heavy (non-hydrogen) atoms. The monoisotopic (exact) mass is 252 g/mol. The van der Waals surface area contributed by atoms with Crippen molar-refractivity contribution >= 4 is 5.69 Å². The van der Waals surface area contributed by atoms with Crippen molar-refractivity contribution in [3.05, 3.63) is 18.2 Å². The van der Waals surface area contributed by atoms with Gasteiger partial charge in [-0.25, -0.2) is 0 Å². The Kier molecular flexibility index (Phi) is 5.78. The molecule has 1 aromatic rings. The van der Waals surface area contributed by atoms with E-state index in [0.29, 0.717) is 24.1 Å². The Morgan fingerprint density at radius 1 is 1.28 bits per heavy atom. The Balaban J connectivity index is 2.55. The molecule has 0 aliphatic heterocycles. The third-order valence-electron chi connectivity index (χ3n) is 2.96. The van der Waals surface area contributed by atoms with E-state index in [1.54, 1.807) is 19.2 Å². The van der Waals surface area contributed by atoms with Crippen molar-refractivity contribution in [2.45, 2.75) is 26.8 Å². The third-order valence-corrected chi connectivity index (χ3v) is 2.96. The minimum Gasteiger partial charge on any atom is -0.493 e. The number of hydrogen-bond donors (Lipinski definition) is 1. The number of ether oxygens (including phenoxy) is 2. The van der Waals surface area contributed by atoms with Crippen LogP contribution in [0.3, 0.4) is 0 Å². The molecular formula is C14H24N2O2. The van der Waals surface area contributed by atoms with Crippen LogP contribution in [0.4, 0.5) is 5.69 Å². The predicted molar refractivity (Wildman–Crippen MR) is 75.3 cm³/mol. The fraction of sp³-hybridized carbons (Fsp3) is 0.571. The van der Waals surface area contributed by atoms with Gasteiger partial charge < -0.3 is 15.2 Å². The summed E-state index contributed by atoms with van der Waals surface area (Å²) in [6.45, 7) is 9.07. The third kappa shape index (κ3) is 4.11. The van der Waals surface area contributed by atoms with Crippen molar-refractivity contribution in [2.75, 3.05) is 32.5 Å². The van der Waals surface area contributed by atoms with Gasteiger partial charge in [0.2, 0.25) is 0 Å². The summed E-state index contributed by atoms with van der Waals surface area (Å²) in [5.41, 5.74) is 6.42. The van der Waals surface area contributed by atoms with Gasteiger partial charge in [-0.05, 0) is 32.5 Å². The van der Waals surface area contributed by atoms with E-state index in [1.807, 2.05) is 6.07 Å². The molecule has 0 amide bonds. The number of methoxy groups -OCH3 is 1. The van der Waals surface area contributed by atoms with E-state index >= 15 is 0 Å². The van der Waals surface area contributed by atoms with Gasteiger partial charge in [-0.15, -0.1) is 0 Å². The minimum atomic E-state index is 0.529. The smallest absolute Gasteiger partial charge is 0.163 e. The Hall–Kier alpha value is -1.42. The van der Waals surface area contributed by atoms with Crippen molar-refractivity contribution in [1.82, 2.24) is 4.90 Å². The Labute approximate surface area is 110 Å². The molecule has 4 nitrogen and oxygen atoms in total. The van der Waals surface area contributed by atoms with Gasteiger partial charge in [0.25, 0.3) is 0 Å². The highest BCUT2D eigenvalue weighted by molar-refractivity contribution is 5.51. The molecule has 102 valence electrons. The highest BCUT2D eigenvalue weighted by Gasteiger charge is 2.08. The topological polar surface area (TPSA) is 47.7 Å². The van der Waals surface area contributed by atoms with E-state index in [1.165, 1.54) is 0 Å². The van der Waals surface area contributed by atoms with Gasteiger partial charge in [0.1, 0.15) is 6.61 Å². The van der Waals surface area contributed by atoms with Crippen LogP contribution in [0.5, 0.6) is 11.5 Å². The largest absolute Gasteiger partial charge is 0.493 e. The molecule has 0 bridgehead atoms. The first-order valence-electron chi connectivity index (χ1n) is 6.38. The molecule has 0 fully saturated rings. The molecule has 2 N–H and O–H groups in total. The standard InChI is InChI=1S/C14H24N2O2/c1-5-16(11(2)3)8-9-18-14-10-12(15)6-7-13(14)17-4/h6-7,10-11H,5,8-9,15H2,1-4H3. The summed E-state index contributed by atoms with van der Waals surface area (Å²) in [6, 6.07) is 5.95. The van der Waals surface area contributed by atoms with Gasteiger partial charge in [-0.3, -0.25) is 4.90 Å². The molecule has 4 heteroatoms. The van der Waals surface area contributed by atoms with Crippen molar-refractivity contribution < 1.29 is 9.47 Å². The van der Waals surface area contributed by atoms with Crippen LogP contribution in [0.15, 0.2) is 18.2 Å². The number of nitrogens with two attached hydrogens (primary N) is 1. The lowest BCUT2D eigenvalue weighted by Crippen LogP contribution is -2.34. The second kappa shape index (κ2) is 7.11. The van der Waals surface area contributed by atoms with E-state index in [-0.39, 0.29) is 0 Å². The van der Waals surface area contributed by atoms with Crippen molar-refractivity contribution in [1.29, 1.82) is 0 Å². The maximum Gasteiger partial charge on any atom is 0.163 e. The Morgan fingerprint density at radius 3 is 2.56 bits per heavy atom. The molecule has 1 rings (SSSR count). The molecule has 0 aliphatic carbocycles. The number of hydrogen-bond acceptors (Lipinski definition) is 4. The van der Waals surface area contributed by atoms with Crippen LogP contribution in [0.1, 0.15) is 20.8 Å². The van der Waals surface area contributed by atoms with E-state index in [2.05, 4.69) is 25.7 Å². The van der Waals surface area contributed by atoms with E-state index in [0.717, 1.165) is 18.8 Å². The number of rotatable bonds is 7. The molecule has 0 saturated carbocycles. The second-order valence-electron chi connectivity index (χ2n) is 4.48. The Bertz CT molecular complexity index is 367. The van der Waals surface area contributed by atoms with Gasteiger partial charge in [0.15, 0.2) is 11.5 Å². The van der Waals surface area contributed by atoms with Crippen molar-refractivity contribution in [3.8, 4) is 11.5 Å². The molecule has 0 aliphatic rings. The quantitative estimate of drug-likeness (QED) is 0.757. The SMILES string of the molecule is CCN(CCOc1cc(N)ccc1OC)C(C)C. The number of likely N-dealkylation sites (N-methyl/N-ethyl adjacent to an activating group) is 1. The zero-order chi connectivity index (χ0) is 13.5. The molecule has 0 unspecified atom stereocenters. The summed E-state index contributed by atoms with van der Waals surface area (Å²) in [6.07, 6.45) is 0. The average molecular weight is 252 g/mol. The summed E-state index contributed by atoms with van der Waals surface area (Å²) in [5.74, 6) is 1.43. The zero-order valence-corrected chi connectivity index (χ0v) is 11.8. The van der Waals surface area contributed by atoms with Crippen LogP contribution >= 0.6 is 0 Å². The maximum absolute atomic E-state index is 5.74. The van der Waals surface area contributed by atoms with Gasteiger partial charge in [-0.2, -0.15) is 0 Å². The van der Waals surface area contributed by atoms with Crippen LogP contribution in [0.2, 0.25) is 0 Å². The fourth-order valence-corrected chi connectivity index (χ4v) is 1.86. The van der Waals surface area contributed by atoms with Crippen LogP contribution in [-0.4, -0.2) is 37.7 Å². The predicted octanol–water partition coefficient (Wildman–Crippen LogP) is 2.39. The summed E-state index contributed by atoms with van der Waals surface area (Å²) in [4.78, 5) is 2.35.